The van der Waals surface area contributed by atoms with Crippen molar-refractivity contribution in [2.45, 2.75) is 6.92 Å². The van der Waals surface area contributed by atoms with Crippen LogP contribution in [-0.4, -0.2) is 25.2 Å². The third kappa shape index (κ3) is 2.76. The molecule has 0 amide bonds. The summed E-state index contributed by atoms with van der Waals surface area (Å²) in [6.45, 7) is 3.48. The Hall–Kier alpha value is -1.13. The van der Waals surface area contributed by atoms with Crippen molar-refractivity contribution in [3.05, 3.63) is 34.4 Å². The largest absolute Gasteiger partial charge is 0.383 e. The summed E-state index contributed by atoms with van der Waals surface area (Å²) in [7, 11) is 1.70. The van der Waals surface area contributed by atoms with Crippen molar-refractivity contribution in [3.8, 4) is 0 Å². The van der Waals surface area contributed by atoms with Crippen molar-refractivity contribution in [1.82, 2.24) is 4.98 Å². The number of halogens is 1. The number of nitrogens with zero attached hydrogens (tertiary/aromatic N) is 1. The van der Waals surface area contributed by atoms with Crippen LogP contribution in [-0.2, 0) is 4.74 Å². The van der Waals surface area contributed by atoms with Gasteiger partial charge in [0, 0.05) is 34.9 Å². The predicted octanol–water partition coefficient (Wildman–Crippen LogP) is 3.36. The number of pyridine rings is 1. The average molecular weight is 295 g/mol. The summed E-state index contributed by atoms with van der Waals surface area (Å²) in [6.07, 6.45) is 0. The molecule has 0 unspecified atom stereocenters. The summed E-state index contributed by atoms with van der Waals surface area (Å²) in [4.78, 5) is 4.55. The summed E-state index contributed by atoms with van der Waals surface area (Å²) >= 11 is 3.53. The Bertz CT molecular complexity index is 528. The number of ether oxygens (including phenoxy) is 1. The fraction of sp³-hybridized carbons (Fsp3) is 0.308. The van der Waals surface area contributed by atoms with E-state index in [9.17, 15) is 0 Å². The van der Waals surface area contributed by atoms with Crippen LogP contribution in [0.1, 0.15) is 5.69 Å². The van der Waals surface area contributed by atoms with Gasteiger partial charge < -0.3 is 10.1 Å². The standard InChI is InChI=1S/C13H15BrN2O/c1-9-8-12(15-6-7-17-2)10-4-3-5-11(14)13(10)16-9/h3-5,8H,6-7H2,1-2H3,(H,15,16). The quantitative estimate of drug-likeness (QED) is 0.878. The second-order valence-electron chi connectivity index (χ2n) is 3.87. The number of hydrogen-bond acceptors (Lipinski definition) is 3. The number of anilines is 1. The molecule has 4 heteroatoms. The molecule has 3 nitrogen and oxygen atoms in total. The molecule has 0 atom stereocenters. The Balaban J connectivity index is 2.43. The molecule has 0 saturated carbocycles. The fourth-order valence-electron chi connectivity index (χ4n) is 1.78. The topological polar surface area (TPSA) is 34.1 Å². The van der Waals surface area contributed by atoms with E-state index in [0.29, 0.717) is 6.61 Å². The number of methoxy groups -OCH3 is 1. The lowest BCUT2D eigenvalue weighted by molar-refractivity contribution is 0.211. The Kier molecular flexibility index (Phi) is 3.97. The number of nitrogens with one attached hydrogen (secondary N) is 1. The number of aryl methyl sites for hydroxylation is 1. The van der Waals surface area contributed by atoms with Crippen LogP contribution in [0.2, 0.25) is 0 Å². The van der Waals surface area contributed by atoms with Gasteiger partial charge in [-0.2, -0.15) is 0 Å². The van der Waals surface area contributed by atoms with Gasteiger partial charge in [0.15, 0.2) is 0 Å². The van der Waals surface area contributed by atoms with Gasteiger partial charge in [0.05, 0.1) is 12.1 Å². The Morgan fingerprint density at radius 3 is 3.00 bits per heavy atom. The normalized spacial score (nSPS) is 10.8. The lowest BCUT2D eigenvalue weighted by Crippen LogP contribution is -2.08. The van der Waals surface area contributed by atoms with Crippen molar-refractivity contribution in [2.75, 3.05) is 25.6 Å². The molecule has 0 bridgehead atoms. The van der Waals surface area contributed by atoms with Gasteiger partial charge in [-0.05, 0) is 35.0 Å². The average Bonchev–Trinajstić information content (AvgIpc) is 2.31. The van der Waals surface area contributed by atoms with Crippen LogP contribution in [0, 0.1) is 6.92 Å². The van der Waals surface area contributed by atoms with Crippen LogP contribution in [0.5, 0.6) is 0 Å². The van der Waals surface area contributed by atoms with Crippen LogP contribution >= 0.6 is 15.9 Å². The second kappa shape index (κ2) is 5.47. The zero-order chi connectivity index (χ0) is 12.3. The Labute approximate surface area is 109 Å². The van der Waals surface area contributed by atoms with E-state index in [1.807, 2.05) is 19.1 Å². The molecule has 1 aromatic heterocycles. The van der Waals surface area contributed by atoms with Gasteiger partial charge in [0.25, 0.3) is 0 Å². The Morgan fingerprint density at radius 2 is 2.24 bits per heavy atom. The van der Waals surface area contributed by atoms with E-state index in [1.54, 1.807) is 7.11 Å². The molecule has 2 aromatic rings. The zero-order valence-corrected chi connectivity index (χ0v) is 11.5. The molecular formula is C13H15BrN2O. The van der Waals surface area contributed by atoms with Gasteiger partial charge in [0.2, 0.25) is 0 Å². The minimum atomic E-state index is 0.691. The minimum Gasteiger partial charge on any atom is -0.383 e. The smallest absolute Gasteiger partial charge is 0.0867 e. The monoisotopic (exact) mass is 294 g/mol. The van der Waals surface area contributed by atoms with Gasteiger partial charge in [-0.25, -0.2) is 0 Å². The van der Waals surface area contributed by atoms with Gasteiger partial charge in [-0.15, -0.1) is 0 Å². The molecule has 0 aliphatic rings. The maximum atomic E-state index is 5.04. The first kappa shape index (κ1) is 12.3. The molecule has 0 aliphatic heterocycles. The van der Waals surface area contributed by atoms with E-state index < -0.39 is 0 Å². The maximum absolute atomic E-state index is 5.04. The summed E-state index contributed by atoms with van der Waals surface area (Å²) in [5.74, 6) is 0. The molecule has 0 fully saturated rings. The molecule has 0 radical (unpaired) electrons. The van der Waals surface area contributed by atoms with E-state index in [2.05, 4.69) is 38.4 Å². The van der Waals surface area contributed by atoms with E-state index in [4.69, 9.17) is 4.74 Å². The van der Waals surface area contributed by atoms with Gasteiger partial charge >= 0.3 is 0 Å². The summed E-state index contributed by atoms with van der Waals surface area (Å²) in [5.41, 5.74) is 3.10. The van der Waals surface area contributed by atoms with Crippen LogP contribution in [0.4, 0.5) is 5.69 Å². The fourth-order valence-corrected chi connectivity index (χ4v) is 2.23. The van der Waals surface area contributed by atoms with Crippen molar-refractivity contribution in [2.24, 2.45) is 0 Å². The van der Waals surface area contributed by atoms with Crippen molar-refractivity contribution < 1.29 is 4.74 Å². The highest BCUT2D eigenvalue weighted by molar-refractivity contribution is 9.10. The first-order valence-electron chi connectivity index (χ1n) is 5.51. The summed E-state index contributed by atoms with van der Waals surface area (Å²) in [6, 6.07) is 8.16. The predicted molar refractivity (Wildman–Crippen MR) is 74.5 cm³/mol. The second-order valence-corrected chi connectivity index (χ2v) is 4.72. The number of aromatic nitrogens is 1. The van der Waals surface area contributed by atoms with Crippen LogP contribution < -0.4 is 5.32 Å². The molecule has 0 aliphatic carbocycles. The first-order chi connectivity index (χ1) is 8.22. The lowest BCUT2D eigenvalue weighted by atomic mass is 10.1. The van der Waals surface area contributed by atoms with Crippen molar-refractivity contribution in [1.29, 1.82) is 0 Å². The molecule has 0 saturated heterocycles. The molecular weight excluding hydrogens is 280 g/mol. The third-order valence-electron chi connectivity index (χ3n) is 2.54. The number of para-hydroxylation sites is 1. The van der Waals surface area contributed by atoms with Crippen LogP contribution in [0.15, 0.2) is 28.7 Å². The van der Waals surface area contributed by atoms with Crippen LogP contribution in [0.25, 0.3) is 10.9 Å². The van der Waals surface area contributed by atoms with E-state index in [1.165, 1.54) is 0 Å². The number of fused-ring (bicyclic) bond motifs is 1. The maximum Gasteiger partial charge on any atom is 0.0867 e. The van der Waals surface area contributed by atoms with Crippen molar-refractivity contribution in [3.63, 3.8) is 0 Å². The number of hydrogen-bond donors (Lipinski definition) is 1. The molecule has 90 valence electrons. The molecule has 1 N–H and O–H groups in total. The van der Waals surface area contributed by atoms with E-state index in [0.717, 1.165) is 33.3 Å². The first-order valence-corrected chi connectivity index (χ1v) is 6.30. The molecule has 2 rings (SSSR count). The van der Waals surface area contributed by atoms with E-state index in [-0.39, 0.29) is 0 Å². The number of benzene rings is 1. The highest BCUT2D eigenvalue weighted by atomic mass is 79.9. The molecule has 0 spiro atoms. The zero-order valence-electron chi connectivity index (χ0n) is 9.96. The van der Waals surface area contributed by atoms with Crippen molar-refractivity contribution >= 4 is 32.5 Å². The minimum absolute atomic E-state index is 0.691. The summed E-state index contributed by atoms with van der Waals surface area (Å²) < 4.78 is 6.06. The van der Waals surface area contributed by atoms with E-state index >= 15 is 0 Å². The van der Waals surface area contributed by atoms with Gasteiger partial charge in [0.1, 0.15) is 0 Å². The Morgan fingerprint density at radius 1 is 1.41 bits per heavy atom. The SMILES string of the molecule is COCCNc1cc(C)nc2c(Br)cccc12. The number of rotatable bonds is 4. The highest BCUT2D eigenvalue weighted by Gasteiger charge is 2.05. The molecule has 1 aromatic carbocycles. The van der Waals surface area contributed by atoms with Gasteiger partial charge in [-0.3, -0.25) is 4.98 Å². The molecule has 1 heterocycles. The van der Waals surface area contributed by atoms with Crippen LogP contribution in [0.3, 0.4) is 0 Å². The lowest BCUT2D eigenvalue weighted by Gasteiger charge is -2.11. The van der Waals surface area contributed by atoms with Gasteiger partial charge in [-0.1, -0.05) is 12.1 Å². The summed E-state index contributed by atoms with van der Waals surface area (Å²) in [5, 5.41) is 4.50. The highest BCUT2D eigenvalue weighted by Crippen LogP contribution is 2.28. The molecule has 17 heavy (non-hydrogen) atoms. The third-order valence-corrected chi connectivity index (χ3v) is 3.18.